The number of benzene rings is 2. The van der Waals surface area contributed by atoms with Gasteiger partial charge in [-0.3, -0.25) is 4.79 Å². The number of para-hydroxylation sites is 1. The molecule has 0 fully saturated rings. The third kappa shape index (κ3) is 3.36. The second-order valence-electron chi connectivity index (χ2n) is 4.68. The maximum atomic E-state index is 12.5. The standard InChI is InChI=1S/C16H17BrN2O2/c1-19(10-11-6-3-4-9-14(11)21-2)16(20)12-7-5-8-13(18)15(12)17/h3-9H,10,18H2,1-2H3. The predicted octanol–water partition coefficient (Wildman–Crippen LogP) is 3.31. The van der Waals surface area contributed by atoms with Crippen LogP contribution in [0.2, 0.25) is 0 Å². The number of carbonyl (C=O) groups excluding carboxylic acids is 1. The van der Waals surface area contributed by atoms with Gasteiger partial charge in [-0.05, 0) is 34.1 Å². The summed E-state index contributed by atoms with van der Waals surface area (Å²) in [5.74, 6) is 0.670. The van der Waals surface area contributed by atoms with Crippen molar-refractivity contribution in [1.82, 2.24) is 4.90 Å². The van der Waals surface area contributed by atoms with Crippen molar-refractivity contribution in [2.24, 2.45) is 0 Å². The Hall–Kier alpha value is -2.01. The molecule has 110 valence electrons. The van der Waals surface area contributed by atoms with E-state index in [1.165, 1.54) is 0 Å². The van der Waals surface area contributed by atoms with Crippen LogP contribution in [0.1, 0.15) is 15.9 Å². The molecule has 0 saturated carbocycles. The van der Waals surface area contributed by atoms with E-state index >= 15 is 0 Å². The Morgan fingerprint density at radius 1 is 1.24 bits per heavy atom. The van der Waals surface area contributed by atoms with Crippen LogP contribution in [-0.2, 0) is 6.54 Å². The number of nitrogens with zero attached hydrogens (tertiary/aromatic N) is 1. The number of hydrogen-bond acceptors (Lipinski definition) is 3. The Labute approximate surface area is 132 Å². The molecule has 2 N–H and O–H groups in total. The predicted molar refractivity (Wildman–Crippen MR) is 87.3 cm³/mol. The summed E-state index contributed by atoms with van der Waals surface area (Å²) in [6.07, 6.45) is 0. The highest BCUT2D eigenvalue weighted by Gasteiger charge is 2.17. The minimum atomic E-state index is -0.0971. The van der Waals surface area contributed by atoms with Gasteiger partial charge in [-0.2, -0.15) is 0 Å². The third-order valence-corrected chi connectivity index (χ3v) is 4.09. The highest BCUT2D eigenvalue weighted by molar-refractivity contribution is 9.10. The molecule has 2 rings (SSSR count). The van der Waals surface area contributed by atoms with Crippen molar-refractivity contribution < 1.29 is 9.53 Å². The molecule has 0 aromatic heterocycles. The summed E-state index contributed by atoms with van der Waals surface area (Å²) in [5.41, 5.74) is 7.87. The number of halogens is 1. The molecule has 1 amide bonds. The van der Waals surface area contributed by atoms with Gasteiger partial charge in [-0.25, -0.2) is 0 Å². The zero-order valence-corrected chi connectivity index (χ0v) is 13.6. The summed E-state index contributed by atoms with van der Waals surface area (Å²) in [6.45, 7) is 0.462. The van der Waals surface area contributed by atoms with Gasteiger partial charge in [0, 0.05) is 24.8 Å². The Morgan fingerprint density at radius 2 is 1.95 bits per heavy atom. The molecule has 0 unspecified atom stereocenters. The number of hydrogen-bond donors (Lipinski definition) is 1. The van der Waals surface area contributed by atoms with Crippen LogP contribution >= 0.6 is 15.9 Å². The van der Waals surface area contributed by atoms with Crippen molar-refractivity contribution in [3.63, 3.8) is 0 Å². The van der Waals surface area contributed by atoms with E-state index in [9.17, 15) is 4.79 Å². The molecule has 0 aliphatic heterocycles. The first kappa shape index (κ1) is 15.4. The molecule has 5 heteroatoms. The smallest absolute Gasteiger partial charge is 0.255 e. The fourth-order valence-corrected chi connectivity index (χ4v) is 2.52. The first-order valence-corrected chi connectivity index (χ1v) is 7.25. The highest BCUT2D eigenvalue weighted by atomic mass is 79.9. The van der Waals surface area contributed by atoms with Crippen LogP contribution in [0, 0.1) is 0 Å². The normalized spacial score (nSPS) is 10.2. The maximum Gasteiger partial charge on any atom is 0.255 e. The summed E-state index contributed by atoms with van der Waals surface area (Å²) in [6, 6.07) is 12.9. The number of anilines is 1. The van der Waals surface area contributed by atoms with Crippen LogP contribution in [0.3, 0.4) is 0 Å². The summed E-state index contributed by atoms with van der Waals surface area (Å²) in [7, 11) is 3.37. The molecular weight excluding hydrogens is 332 g/mol. The molecule has 0 aliphatic rings. The van der Waals surface area contributed by atoms with Crippen LogP contribution < -0.4 is 10.5 Å². The number of amides is 1. The lowest BCUT2D eigenvalue weighted by Crippen LogP contribution is -2.26. The van der Waals surface area contributed by atoms with Crippen molar-refractivity contribution in [2.45, 2.75) is 6.54 Å². The first-order valence-electron chi connectivity index (χ1n) is 6.46. The largest absolute Gasteiger partial charge is 0.496 e. The highest BCUT2D eigenvalue weighted by Crippen LogP contribution is 2.26. The topological polar surface area (TPSA) is 55.6 Å². The Balaban J connectivity index is 2.22. The lowest BCUT2D eigenvalue weighted by Gasteiger charge is -2.20. The van der Waals surface area contributed by atoms with Gasteiger partial charge in [0.1, 0.15) is 5.75 Å². The molecule has 0 atom stereocenters. The van der Waals surface area contributed by atoms with E-state index in [4.69, 9.17) is 10.5 Å². The fraction of sp³-hybridized carbons (Fsp3) is 0.188. The van der Waals surface area contributed by atoms with Crippen LogP contribution in [0.4, 0.5) is 5.69 Å². The van der Waals surface area contributed by atoms with Gasteiger partial charge in [0.05, 0.1) is 17.1 Å². The minimum Gasteiger partial charge on any atom is -0.496 e. The van der Waals surface area contributed by atoms with Crippen LogP contribution in [0.5, 0.6) is 5.75 Å². The van der Waals surface area contributed by atoms with E-state index in [1.807, 2.05) is 24.3 Å². The average molecular weight is 349 g/mol. The van der Waals surface area contributed by atoms with Crippen molar-refractivity contribution in [2.75, 3.05) is 19.9 Å². The second kappa shape index (κ2) is 6.63. The maximum absolute atomic E-state index is 12.5. The van der Waals surface area contributed by atoms with Crippen LogP contribution in [0.15, 0.2) is 46.9 Å². The summed E-state index contributed by atoms with van der Waals surface area (Å²) in [5, 5.41) is 0. The summed E-state index contributed by atoms with van der Waals surface area (Å²) >= 11 is 3.37. The van der Waals surface area contributed by atoms with E-state index in [0.717, 1.165) is 11.3 Å². The van der Waals surface area contributed by atoms with E-state index < -0.39 is 0 Å². The van der Waals surface area contributed by atoms with Crippen molar-refractivity contribution in [1.29, 1.82) is 0 Å². The molecule has 4 nitrogen and oxygen atoms in total. The summed E-state index contributed by atoms with van der Waals surface area (Å²) in [4.78, 5) is 14.2. The van der Waals surface area contributed by atoms with Gasteiger partial charge in [0.15, 0.2) is 0 Å². The molecular formula is C16H17BrN2O2. The van der Waals surface area contributed by atoms with E-state index in [0.29, 0.717) is 22.3 Å². The van der Waals surface area contributed by atoms with Gasteiger partial charge < -0.3 is 15.4 Å². The minimum absolute atomic E-state index is 0.0971. The zero-order valence-electron chi connectivity index (χ0n) is 12.0. The van der Waals surface area contributed by atoms with Gasteiger partial charge in [-0.15, -0.1) is 0 Å². The lowest BCUT2D eigenvalue weighted by molar-refractivity contribution is 0.0783. The second-order valence-corrected chi connectivity index (χ2v) is 5.47. The van der Waals surface area contributed by atoms with Gasteiger partial charge >= 0.3 is 0 Å². The average Bonchev–Trinajstić information content (AvgIpc) is 2.50. The zero-order chi connectivity index (χ0) is 15.4. The summed E-state index contributed by atoms with van der Waals surface area (Å²) < 4.78 is 5.93. The lowest BCUT2D eigenvalue weighted by atomic mass is 10.1. The number of methoxy groups -OCH3 is 1. The molecule has 0 bridgehead atoms. The SMILES string of the molecule is COc1ccccc1CN(C)C(=O)c1cccc(N)c1Br. The Morgan fingerprint density at radius 3 is 2.67 bits per heavy atom. The molecule has 21 heavy (non-hydrogen) atoms. The van der Waals surface area contributed by atoms with Crippen molar-refractivity contribution in [3.05, 3.63) is 58.1 Å². The number of rotatable bonds is 4. The fourth-order valence-electron chi connectivity index (χ4n) is 2.08. The molecule has 0 radical (unpaired) electrons. The Kier molecular flexibility index (Phi) is 4.85. The quantitative estimate of drug-likeness (QED) is 0.862. The monoisotopic (exact) mass is 348 g/mol. The van der Waals surface area contributed by atoms with Crippen molar-refractivity contribution >= 4 is 27.5 Å². The van der Waals surface area contributed by atoms with E-state index in [-0.39, 0.29) is 5.91 Å². The number of nitrogens with two attached hydrogens (primary N) is 1. The number of carbonyl (C=O) groups is 1. The van der Waals surface area contributed by atoms with E-state index in [1.54, 1.807) is 37.3 Å². The van der Waals surface area contributed by atoms with Crippen LogP contribution in [-0.4, -0.2) is 25.0 Å². The molecule has 0 spiro atoms. The van der Waals surface area contributed by atoms with Gasteiger partial charge in [0.25, 0.3) is 5.91 Å². The molecule has 0 aliphatic carbocycles. The van der Waals surface area contributed by atoms with Crippen molar-refractivity contribution in [3.8, 4) is 5.75 Å². The molecule has 0 heterocycles. The van der Waals surface area contributed by atoms with Gasteiger partial charge in [0.2, 0.25) is 0 Å². The number of nitrogen functional groups attached to an aromatic ring is 1. The Bertz CT molecular complexity index is 658. The first-order chi connectivity index (χ1) is 10.0. The number of ether oxygens (including phenoxy) is 1. The molecule has 0 saturated heterocycles. The molecule has 2 aromatic rings. The van der Waals surface area contributed by atoms with Crippen LogP contribution in [0.25, 0.3) is 0 Å². The van der Waals surface area contributed by atoms with E-state index in [2.05, 4.69) is 15.9 Å². The third-order valence-electron chi connectivity index (χ3n) is 3.21. The van der Waals surface area contributed by atoms with Gasteiger partial charge in [-0.1, -0.05) is 24.3 Å². The molecule has 2 aromatic carbocycles.